The molecule has 0 amide bonds. The van der Waals surface area contributed by atoms with E-state index in [4.69, 9.17) is 12.3 Å². The van der Waals surface area contributed by atoms with Gasteiger partial charge in [-0.3, -0.25) is 0 Å². The maximum Gasteiger partial charge on any atom is 0.312 e. The molecule has 7 heteroatoms. The van der Waals surface area contributed by atoms with Crippen LogP contribution in [0.1, 0.15) is 64.2 Å². The molecule has 0 bridgehead atoms. The van der Waals surface area contributed by atoms with Crippen molar-refractivity contribution in [2.24, 2.45) is 0 Å². The lowest BCUT2D eigenvalue weighted by Gasteiger charge is -2.41. The Balaban J connectivity index is 4.48. The van der Waals surface area contributed by atoms with Crippen molar-refractivity contribution in [2.75, 3.05) is 0 Å². The van der Waals surface area contributed by atoms with Crippen LogP contribution in [0, 0.1) is 0 Å². The fourth-order valence-corrected chi connectivity index (χ4v) is 23.9. The predicted octanol–water partition coefficient (Wildman–Crippen LogP) is 9.12. The Morgan fingerprint density at radius 3 is 1.13 bits per heavy atom. The molecule has 184 valence electrons. The second-order valence-corrected chi connectivity index (χ2v) is 27.2. The Bertz CT molecular complexity index is 461. The standard InChI is InChI=1S/C24H54O3Si4/c1-11-13-15-17-19-21-23-28(3,4)25-30(7,8)27-31(9,10)26-29(5,6)24-22-20-18-16-14-12-2/h11-12H,1-2,13-24H2,3-10H3. The van der Waals surface area contributed by atoms with Crippen molar-refractivity contribution in [3.63, 3.8) is 0 Å². The van der Waals surface area contributed by atoms with Gasteiger partial charge in [0.05, 0.1) is 0 Å². The van der Waals surface area contributed by atoms with Gasteiger partial charge < -0.3 is 12.3 Å². The van der Waals surface area contributed by atoms with Crippen molar-refractivity contribution in [1.29, 1.82) is 0 Å². The highest BCUT2D eigenvalue weighted by atomic mass is 28.5. The molecule has 0 aromatic heterocycles. The smallest absolute Gasteiger partial charge is 0.312 e. The first kappa shape index (κ1) is 31.2. The van der Waals surface area contributed by atoms with Crippen LogP contribution in [0.4, 0.5) is 0 Å². The number of hydrogen-bond donors (Lipinski definition) is 0. The van der Waals surface area contributed by atoms with Crippen molar-refractivity contribution in [1.82, 2.24) is 0 Å². The van der Waals surface area contributed by atoms with Crippen LogP contribution in [0.3, 0.4) is 0 Å². The van der Waals surface area contributed by atoms with E-state index < -0.39 is 33.8 Å². The molecule has 0 aromatic rings. The number of allylic oxidation sites excluding steroid dienone is 2. The van der Waals surface area contributed by atoms with E-state index in [1.807, 2.05) is 12.2 Å². The maximum absolute atomic E-state index is 6.74. The monoisotopic (exact) mass is 502 g/mol. The minimum Gasteiger partial charge on any atom is -0.436 e. The molecule has 0 rings (SSSR count). The molecule has 0 atom stereocenters. The molecule has 3 nitrogen and oxygen atoms in total. The Hall–Kier alpha value is 0.228. The van der Waals surface area contributed by atoms with Gasteiger partial charge in [0.1, 0.15) is 0 Å². The lowest BCUT2D eigenvalue weighted by molar-refractivity contribution is 0.327. The Morgan fingerprint density at radius 2 is 0.806 bits per heavy atom. The molecule has 31 heavy (non-hydrogen) atoms. The van der Waals surface area contributed by atoms with Crippen LogP contribution >= 0.6 is 0 Å². The first-order chi connectivity index (χ1) is 14.2. The third-order valence-electron chi connectivity index (χ3n) is 5.41. The molecular weight excluding hydrogens is 449 g/mol. The number of hydrogen-bond acceptors (Lipinski definition) is 3. The third-order valence-corrected chi connectivity index (χ3v) is 20.8. The summed E-state index contributed by atoms with van der Waals surface area (Å²) in [4.78, 5) is 0. The lowest BCUT2D eigenvalue weighted by atomic mass is 10.1. The highest BCUT2D eigenvalue weighted by Crippen LogP contribution is 2.28. The van der Waals surface area contributed by atoms with Crippen LogP contribution in [0.5, 0.6) is 0 Å². The van der Waals surface area contributed by atoms with Gasteiger partial charge in [0.15, 0.2) is 16.6 Å². The van der Waals surface area contributed by atoms with Gasteiger partial charge in [-0.05, 0) is 90.1 Å². The van der Waals surface area contributed by atoms with Gasteiger partial charge in [-0.25, -0.2) is 0 Å². The van der Waals surface area contributed by atoms with E-state index >= 15 is 0 Å². The van der Waals surface area contributed by atoms with E-state index in [0.717, 1.165) is 12.8 Å². The summed E-state index contributed by atoms with van der Waals surface area (Å²) in [6, 6.07) is 2.44. The van der Waals surface area contributed by atoms with Crippen molar-refractivity contribution in [3.8, 4) is 0 Å². The minimum absolute atomic E-state index is 1.14. The van der Waals surface area contributed by atoms with Gasteiger partial charge in [-0.1, -0.05) is 50.7 Å². The van der Waals surface area contributed by atoms with Gasteiger partial charge in [0.25, 0.3) is 0 Å². The molecule has 0 saturated carbocycles. The van der Waals surface area contributed by atoms with Gasteiger partial charge in [0.2, 0.25) is 0 Å². The van der Waals surface area contributed by atoms with E-state index in [2.05, 4.69) is 65.5 Å². The fraction of sp³-hybridized carbons (Fsp3) is 0.833. The Labute approximate surface area is 199 Å². The highest BCUT2D eigenvalue weighted by Gasteiger charge is 2.43. The molecule has 0 spiro atoms. The molecule has 0 aromatic carbocycles. The second-order valence-electron chi connectivity index (χ2n) is 11.1. The van der Waals surface area contributed by atoms with E-state index in [9.17, 15) is 0 Å². The molecular formula is C24H54O3Si4. The summed E-state index contributed by atoms with van der Waals surface area (Å²) in [5.74, 6) is 0. The number of unbranched alkanes of at least 4 members (excludes halogenated alkanes) is 8. The van der Waals surface area contributed by atoms with E-state index in [1.54, 1.807) is 0 Å². The van der Waals surface area contributed by atoms with Crippen molar-refractivity contribution >= 4 is 33.8 Å². The van der Waals surface area contributed by atoms with Crippen LogP contribution in [0.2, 0.25) is 64.5 Å². The molecule has 0 fully saturated rings. The molecule has 0 aliphatic heterocycles. The zero-order valence-corrected chi connectivity index (χ0v) is 26.3. The zero-order chi connectivity index (χ0) is 24.0. The molecule has 0 saturated heterocycles. The van der Waals surface area contributed by atoms with E-state index in [0.29, 0.717) is 0 Å². The predicted molar refractivity (Wildman–Crippen MR) is 149 cm³/mol. The summed E-state index contributed by atoms with van der Waals surface area (Å²) in [7, 11) is -7.85. The van der Waals surface area contributed by atoms with Gasteiger partial charge >= 0.3 is 17.1 Å². The molecule has 0 aliphatic carbocycles. The Morgan fingerprint density at radius 1 is 0.484 bits per heavy atom. The second kappa shape index (κ2) is 15.2. The molecule has 0 aliphatic rings. The first-order valence-electron chi connectivity index (χ1n) is 12.6. The Kier molecular flexibility index (Phi) is 15.3. The normalized spacial score (nSPS) is 13.4. The maximum atomic E-state index is 6.74. The summed E-state index contributed by atoms with van der Waals surface area (Å²) >= 11 is 0. The summed E-state index contributed by atoms with van der Waals surface area (Å²) in [5.41, 5.74) is 0. The average molecular weight is 503 g/mol. The summed E-state index contributed by atoms with van der Waals surface area (Å²) < 4.78 is 20.2. The van der Waals surface area contributed by atoms with Crippen LogP contribution < -0.4 is 0 Å². The number of rotatable bonds is 20. The van der Waals surface area contributed by atoms with Crippen molar-refractivity contribution < 1.29 is 12.3 Å². The van der Waals surface area contributed by atoms with Crippen LogP contribution in [0.25, 0.3) is 0 Å². The van der Waals surface area contributed by atoms with Crippen LogP contribution in [0.15, 0.2) is 25.3 Å². The SMILES string of the molecule is C=CCCCCCC[Si](C)(C)O[Si](C)(C)O[Si](C)(C)O[Si](C)(C)CCCCCCC=C. The molecule has 0 N–H and O–H groups in total. The van der Waals surface area contributed by atoms with Gasteiger partial charge in [-0.15, -0.1) is 13.2 Å². The average Bonchev–Trinajstić information content (AvgIpc) is 2.57. The van der Waals surface area contributed by atoms with Crippen molar-refractivity contribution in [3.05, 3.63) is 25.3 Å². The van der Waals surface area contributed by atoms with Crippen LogP contribution in [-0.4, -0.2) is 33.8 Å². The molecule has 0 unspecified atom stereocenters. The van der Waals surface area contributed by atoms with Crippen LogP contribution in [-0.2, 0) is 12.3 Å². The highest BCUT2D eigenvalue weighted by molar-refractivity contribution is 6.89. The van der Waals surface area contributed by atoms with Gasteiger partial charge in [-0.2, -0.15) is 0 Å². The summed E-state index contributed by atoms with van der Waals surface area (Å²) in [6.45, 7) is 25.9. The zero-order valence-electron chi connectivity index (χ0n) is 22.3. The first-order valence-corrected chi connectivity index (χ1v) is 24.4. The topological polar surface area (TPSA) is 27.7 Å². The summed E-state index contributed by atoms with van der Waals surface area (Å²) in [5, 5.41) is 0. The molecule has 0 heterocycles. The van der Waals surface area contributed by atoms with E-state index in [1.165, 1.54) is 63.5 Å². The molecule has 0 radical (unpaired) electrons. The van der Waals surface area contributed by atoms with E-state index in [-0.39, 0.29) is 0 Å². The lowest BCUT2D eigenvalue weighted by Crippen LogP contribution is -2.56. The largest absolute Gasteiger partial charge is 0.436 e. The third kappa shape index (κ3) is 18.4. The summed E-state index contributed by atoms with van der Waals surface area (Å²) in [6.07, 6.45) is 16.6. The minimum atomic E-state index is -2.21. The fourth-order valence-electron chi connectivity index (χ4n) is 4.45. The van der Waals surface area contributed by atoms with Crippen molar-refractivity contribution in [2.45, 2.75) is 129 Å². The van der Waals surface area contributed by atoms with Gasteiger partial charge in [0, 0.05) is 0 Å². The quantitative estimate of drug-likeness (QED) is 0.0943.